The molecule has 0 aromatic heterocycles. The van der Waals surface area contributed by atoms with E-state index in [2.05, 4.69) is 4.99 Å². The molecule has 0 amide bonds. The van der Waals surface area contributed by atoms with Gasteiger partial charge in [-0.15, -0.1) is 0 Å². The smallest absolute Gasteiger partial charge is 0.131 e. The van der Waals surface area contributed by atoms with Gasteiger partial charge in [0.05, 0.1) is 12.6 Å². The van der Waals surface area contributed by atoms with Crippen LogP contribution >= 0.6 is 0 Å². The molecule has 0 radical (unpaired) electrons. The van der Waals surface area contributed by atoms with Crippen molar-refractivity contribution in [2.75, 3.05) is 6.61 Å². The van der Waals surface area contributed by atoms with Crippen LogP contribution in [-0.2, 0) is 0 Å². The lowest BCUT2D eigenvalue weighted by molar-refractivity contribution is 0.240. The van der Waals surface area contributed by atoms with Crippen molar-refractivity contribution in [3.8, 4) is 0 Å². The van der Waals surface area contributed by atoms with Crippen LogP contribution in [0.25, 0.3) is 0 Å². The number of aliphatic hydroxyl groups is 1. The maximum atomic E-state index is 13.2. The summed E-state index contributed by atoms with van der Waals surface area (Å²) in [6, 6.07) is 6.29. The minimum Gasteiger partial charge on any atom is -0.394 e. The van der Waals surface area contributed by atoms with Gasteiger partial charge in [-0.1, -0.05) is 32.0 Å². The van der Waals surface area contributed by atoms with Crippen molar-refractivity contribution in [2.45, 2.75) is 19.9 Å². The molecule has 0 aliphatic rings. The highest BCUT2D eigenvalue weighted by molar-refractivity contribution is 5.79. The number of aliphatic imine (C=N–C) groups is 1. The summed E-state index contributed by atoms with van der Waals surface area (Å²) in [5, 5.41) is 9.04. The Labute approximate surface area is 89.5 Å². The van der Waals surface area contributed by atoms with Crippen LogP contribution in [0, 0.1) is 11.7 Å². The van der Waals surface area contributed by atoms with Crippen molar-refractivity contribution in [3.05, 3.63) is 35.6 Å². The molecule has 2 nitrogen and oxygen atoms in total. The zero-order valence-corrected chi connectivity index (χ0v) is 9.02. The van der Waals surface area contributed by atoms with E-state index >= 15 is 0 Å². The summed E-state index contributed by atoms with van der Waals surface area (Å²) in [5.41, 5.74) is 0.455. The summed E-state index contributed by atoms with van der Waals surface area (Å²) in [6.07, 6.45) is 1.48. The molecule has 1 aromatic rings. The third-order valence-corrected chi connectivity index (χ3v) is 2.27. The zero-order valence-electron chi connectivity index (χ0n) is 9.02. The van der Waals surface area contributed by atoms with Crippen molar-refractivity contribution in [1.82, 2.24) is 0 Å². The summed E-state index contributed by atoms with van der Waals surface area (Å²) in [4.78, 5) is 4.16. The fraction of sp³-hybridized carbons (Fsp3) is 0.417. The molecular formula is C12H16FNO. The van der Waals surface area contributed by atoms with Gasteiger partial charge in [0.1, 0.15) is 5.82 Å². The van der Waals surface area contributed by atoms with Crippen LogP contribution in [0.1, 0.15) is 19.4 Å². The van der Waals surface area contributed by atoms with Crippen molar-refractivity contribution in [3.63, 3.8) is 0 Å². The largest absolute Gasteiger partial charge is 0.394 e. The molecule has 0 spiro atoms. The summed E-state index contributed by atoms with van der Waals surface area (Å²) in [5.74, 6) is -0.0419. The van der Waals surface area contributed by atoms with E-state index in [9.17, 15) is 4.39 Å². The van der Waals surface area contributed by atoms with Crippen molar-refractivity contribution in [2.24, 2.45) is 10.9 Å². The molecule has 0 fully saturated rings. The first-order valence-electron chi connectivity index (χ1n) is 5.03. The lowest BCUT2D eigenvalue weighted by Gasteiger charge is -2.12. The third kappa shape index (κ3) is 3.44. The van der Waals surface area contributed by atoms with Gasteiger partial charge in [0.2, 0.25) is 0 Å². The molecule has 0 aliphatic heterocycles. The highest BCUT2D eigenvalue weighted by Crippen LogP contribution is 2.07. The molecule has 0 saturated heterocycles. The van der Waals surface area contributed by atoms with E-state index < -0.39 is 0 Å². The summed E-state index contributed by atoms with van der Waals surface area (Å²) >= 11 is 0. The Kier molecular flexibility index (Phi) is 4.43. The molecule has 0 saturated carbocycles. The Morgan fingerprint density at radius 1 is 1.40 bits per heavy atom. The minimum atomic E-state index is -0.290. The number of nitrogens with zero attached hydrogens (tertiary/aromatic N) is 1. The second-order valence-corrected chi connectivity index (χ2v) is 3.79. The molecule has 1 aromatic carbocycles. The maximum Gasteiger partial charge on any atom is 0.131 e. The second-order valence-electron chi connectivity index (χ2n) is 3.79. The molecule has 0 bridgehead atoms. The molecule has 1 rings (SSSR count). The number of benzene rings is 1. The predicted molar refractivity (Wildman–Crippen MR) is 59.7 cm³/mol. The average molecular weight is 209 g/mol. The Balaban J connectivity index is 2.76. The topological polar surface area (TPSA) is 32.6 Å². The van der Waals surface area contributed by atoms with Crippen LogP contribution in [0.2, 0.25) is 0 Å². The van der Waals surface area contributed by atoms with E-state index in [0.29, 0.717) is 5.56 Å². The average Bonchev–Trinajstić information content (AvgIpc) is 2.21. The van der Waals surface area contributed by atoms with Crippen LogP contribution in [0.5, 0.6) is 0 Å². The van der Waals surface area contributed by atoms with E-state index in [1.54, 1.807) is 18.2 Å². The lowest BCUT2D eigenvalue weighted by Crippen LogP contribution is -2.17. The van der Waals surface area contributed by atoms with E-state index in [-0.39, 0.29) is 24.4 Å². The first kappa shape index (κ1) is 11.9. The third-order valence-electron chi connectivity index (χ3n) is 2.27. The summed E-state index contributed by atoms with van der Waals surface area (Å²) in [7, 11) is 0. The number of hydrogen-bond donors (Lipinski definition) is 1. The van der Waals surface area contributed by atoms with Crippen LogP contribution in [0.15, 0.2) is 29.3 Å². The first-order valence-corrected chi connectivity index (χ1v) is 5.03. The molecule has 3 heteroatoms. The van der Waals surface area contributed by atoms with E-state index in [4.69, 9.17) is 5.11 Å². The quantitative estimate of drug-likeness (QED) is 0.758. The van der Waals surface area contributed by atoms with Crippen molar-refractivity contribution >= 4 is 6.21 Å². The van der Waals surface area contributed by atoms with Gasteiger partial charge in [0, 0.05) is 11.8 Å². The molecule has 0 aliphatic carbocycles. The first-order chi connectivity index (χ1) is 7.15. The Morgan fingerprint density at radius 3 is 2.60 bits per heavy atom. The SMILES string of the molecule is CC(C)[C@@H](CO)N=Cc1ccccc1F. The van der Waals surface area contributed by atoms with Crippen molar-refractivity contribution < 1.29 is 9.50 Å². The Morgan fingerprint density at radius 2 is 2.07 bits per heavy atom. The fourth-order valence-corrected chi connectivity index (χ4v) is 1.19. The molecular weight excluding hydrogens is 193 g/mol. The van der Waals surface area contributed by atoms with Crippen LogP contribution in [0.3, 0.4) is 0 Å². The van der Waals surface area contributed by atoms with Gasteiger partial charge in [-0.3, -0.25) is 4.99 Å². The van der Waals surface area contributed by atoms with Crippen LogP contribution in [0.4, 0.5) is 4.39 Å². The number of rotatable bonds is 4. The van der Waals surface area contributed by atoms with Gasteiger partial charge in [0.15, 0.2) is 0 Å². The molecule has 15 heavy (non-hydrogen) atoms. The van der Waals surface area contributed by atoms with Gasteiger partial charge >= 0.3 is 0 Å². The lowest BCUT2D eigenvalue weighted by atomic mass is 10.1. The fourth-order valence-electron chi connectivity index (χ4n) is 1.19. The molecule has 82 valence electrons. The van der Waals surface area contributed by atoms with Gasteiger partial charge in [-0.2, -0.15) is 0 Å². The van der Waals surface area contributed by atoms with Crippen LogP contribution < -0.4 is 0 Å². The highest BCUT2D eigenvalue weighted by Gasteiger charge is 2.09. The predicted octanol–water partition coefficient (Wildman–Crippen LogP) is 2.26. The van der Waals surface area contributed by atoms with Gasteiger partial charge < -0.3 is 5.11 Å². The minimum absolute atomic E-state index is 0.0113. The Hall–Kier alpha value is -1.22. The Bertz CT molecular complexity index is 336. The van der Waals surface area contributed by atoms with Gasteiger partial charge in [0.25, 0.3) is 0 Å². The second kappa shape index (κ2) is 5.61. The monoisotopic (exact) mass is 209 g/mol. The van der Waals surface area contributed by atoms with Crippen molar-refractivity contribution in [1.29, 1.82) is 0 Å². The number of hydrogen-bond acceptors (Lipinski definition) is 2. The molecule has 1 atom stereocenters. The molecule has 0 unspecified atom stereocenters. The molecule has 1 N–H and O–H groups in total. The van der Waals surface area contributed by atoms with Gasteiger partial charge in [-0.05, 0) is 12.0 Å². The summed E-state index contributed by atoms with van der Waals surface area (Å²) < 4.78 is 13.2. The molecule has 0 heterocycles. The van der Waals surface area contributed by atoms with Crippen LogP contribution in [-0.4, -0.2) is 24.0 Å². The number of aliphatic hydroxyl groups excluding tert-OH is 1. The highest BCUT2D eigenvalue weighted by atomic mass is 19.1. The normalized spacial score (nSPS) is 13.7. The standard InChI is InChI=1S/C12H16FNO/c1-9(2)12(8-15)14-7-10-5-3-4-6-11(10)13/h3-7,9,12,15H,8H2,1-2H3/t12-/m1/s1. The van der Waals surface area contributed by atoms with Gasteiger partial charge in [-0.25, -0.2) is 4.39 Å². The van der Waals surface area contributed by atoms with E-state index in [1.165, 1.54) is 12.3 Å². The van der Waals surface area contributed by atoms with E-state index in [0.717, 1.165) is 0 Å². The number of halogens is 1. The summed E-state index contributed by atoms with van der Waals surface area (Å²) in [6.45, 7) is 3.93. The van der Waals surface area contributed by atoms with E-state index in [1.807, 2.05) is 13.8 Å². The maximum absolute atomic E-state index is 13.2. The zero-order chi connectivity index (χ0) is 11.3.